The summed E-state index contributed by atoms with van der Waals surface area (Å²) in [5.74, 6) is 1.68. The minimum Gasteiger partial charge on any atom is -0.382 e. The Kier molecular flexibility index (Phi) is 4.18. The molecule has 2 atom stereocenters. The van der Waals surface area contributed by atoms with E-state index >= 15 is 0 Å². The number of nitrogens with zero attached hydrogens (tertiary/aromatic N) is 1. The predicted octanol–water partition coefficient (Wildman–Crippen LogP) is 4.05. The Balaban J connectivity index is 1.75. The summed E-state index contributed by atoms with van der Waals surface area (Å²) in [6.07, 6.45) is 5.64. The average molecular weight is 286 g/mol. The summed E-state index contributed by atoms with van der Waals surface area (Å²) < 4.78 is 0. The molecule has 1 aromatic carbocycles. The van der Waals surface area contributed by atoms with Crippen molar-refractivity contribution in [1.82, 2.24) is 0 Å². The van der Waals surface area contributed by atoms with Gasteiger partial charge < -0.3 is 10.2 Å². The number of carbonyl (C=O) groups is 1. The Morgan fingerprint density at radius 3 is 2.57 bits per heavy atom. The first-order valence-corrected chi connectivity index (χ1v) is 8.32. The fourth-order valence-electron chi connectivity index (χ4n) is 3.84. The number of amides is 1. The van der Waals surface area contributed by atoms with Crippen LogP contribution in [0.25, 0.3) is 0 Å². The molecule has 0 aromatic heterocycles. The lowest BCUT2D eigenvalue weighted by Crippen LogP contribution is -2.37. The highest BCUT2D eigenvalue weighted by molar-refractivity contribution is 5.95. The summed E-state index contributed by atoms with van der Waals surface area (Å²) in [5.41, 5.74) is 2.19. The topological polar surface area (TPSA) is 32.3 Å². The van der Waals surface area contributed by atoms with Crippen LogP contribution in [0.5, 0.6) is 0 Å². The smallest absolute Gasteiger partial charge is 0.227 e. The van der Waals surface area contributed by atoms with E-state index in [4.69, 9.17) is 0 Å². The maximum atomic E-state index is 11.9. The van der Waals surface area contributed by atoms with Crippen LogP contribution in [0.1, 0.15) is 46.0 Å². The van der Waals surface area contributed by atoms with Crippen molar-refractivity contribution in [1.29, 1.82) is 0 Å². The van der Waals surface area contributed by atoms with Gasteiger partial charge >= 0.3 is 0 Å². The molecule has 2 fully saturated rings. The highest BCUT2D eigenvalue weighted by Gasteiger charge is 2.28. The first-order chi connectivity index (χ1) is 10.1. The molecule has 1 saturated heterocycles. The van der Waals surface area contributed by atoms with Crippen LogP contribution in [-0.2, 0) is 4.79 Å². The van der Waals surface area contributed by atoms with E-state index in [2.05, 4.69) is 37.4 Å². The Labute approximate surface area is 127 Å². The van der Waals surface area contributed by atoms with Crippen LogP contribution in [0.4, 0.5) is 11.4 Å². The molecule has 2 aliphatic rings. The third-order valence-electron chi connectivity index (χ3n) is 5.11. The van der Waals surface area contributed by atoms with Gasteiger partial charge in [0.15, 0.2) is 0 Å². The van der Waals surface area contributed by atoms with E-state index in [-0.39, 0.29) is 5.91 Å². The Bertz CT molecular complexity index is 504. The zero-order valence-electron chi connectivity index (χ0n) is 13.1. The first-order valence-electron chi connectivity index (χ1n) is 8.32. The molecule has 1 aliphatic heterocycles. The third kappa shape index (κ3) is 3.07. The second-order valence-electron chi connectivity index (χ2n) is 6.75. The molecule has 3 rings (SSSR count). The van der Waals surface area contributed by atoms with Crippen LogP contribution < -0.4 is 10.2 Å². The maximum absolute atomic E-state index is 11.9. The molecular weight excluding hydrogens is 260 g/mol. The van der Waals surface area contributed by atoms with Gasteiger partial charge in [0.25, 0.3) is 0 Å². The van der Waals surface area contributed by atoms with Crippen molar-refractivity contribution in [3.8, 4) is 0 Å². The van der Waals surface area contributed by atoms with Crippen molar-refractivity contribution in [2.24, 2.45) is 11.8 Å². The van der Waals surface area contributed by atoms with Gasteiger partial charge in [-0.15, -0.1) is 0 Å². The van der Waals surface area contributed by atoms with E-state index in [9.17, 15) is 4.79 Å². The Morgan fingerprint density at radius 1 is 1.14 bits per heavy atom. The normalized spacial score (nSPS) is 29.7. The number of anilines is 2. The highest BCUT2D eigenvalue weighted by Crippen LogP contribution is 2.32. The fraction of sp³-hybridized carbons (Fsp3) is 0.611. The van der Waals surface area contributed by atoms with Crippen molar-refractivity contribution in [3.63, 3.8) is 0 Å². The summed E-state index contributed by atoms with van der Waals surface area (Å²) in [6.45, 7) is 5.56. The molecule has 3 nitrogen and oxygen atoms in total. The summed E-state index contributed by atoms with van der Waals surface area (Å²) >= 11 is 0. The summed E-state index contributed by atoms with van der Waals surface area (Å²) in [6, 6.07) is 8.90. The van der Waals surface area contributed by atoms with Crippen molar-refractivity contribution >= 4 is 17.3 Å². The SMILES string of the molecule is CC1CCCC(C)C1Nc1cccc(N2CCCC2=O)c1. The van der Waals surface area contributed by atoms with E-state index < -0.39 is 0 Å². The second-order valence-corrected chi connectivity index (χ2v) is 6.75. The first kappa shape index (κ1) is 14.4. The number of benzene rings is 1. The summed E-state index contributed by atoms with van der Waals surface area (Å²) in [5, 5.41) is 3.72. The molecule has 1 aliphatic carbocycles. The zero-order valence-corrected chi connectivity index (χ0v) is 13.1. The van der Waals surface area contributed by atoms with E-state index in [1.807, 2.05) is 11.0 Å². The van der Waals surface area contributed by atoms with Gasteiger partial charge in [0, 0.05) is 30.4 Å². The van der Waals surface area contributed by atoms with Crippen LogP contribution in [0.3, 0.4) is 0 Å². The largest absolute Gasteiger partial charge is 0.382 e. The maximum Gasteiger partial charge on any atom is 0.227 e. The molecular formula is C18H26N2O. The molecule has 1 amide bonds. The lowest BCUT2D eigenvalue weighted by atomic mass is 9.78. The van der Waals surface area contributed by atoms with Gasteiger partial charge in [0.1, 0.15) is 0 Å². The van der Waals surface area contributed by atoms with Crippen LogP contribution in [0, 0.1) is 11.8 Å². The summed E-state index contributed by atoms with van der Waals surface area (Å²) in [4.78, 5) is 13.8. The van der Waals surface area contributed by atoms with Crippen LogP contribution >= 0.6 is 0 Å². The molecule has 21 heavy (non-hydrogen) atoms. The number of rotatable bonds is 3. The highest BCUT2D eigenvalue weighted by atomic mass is 16.2. The standard InChI is InChI=1S/C18H26N2O/c1-13-6-3-7-14(2)18(13)19-15-8-4-9-16(12-15)20-11-5-10-17(20)21/h4,8-9,12-14,18-19H,3,5-7,10-11H2,1-2H3. The molecule has 1 N–H and O–H groups in total. The monoisotopic (exact) mass is 286 g/mol. The quantitative estimate of drug-likeness (QED) is 0.909. The molecule has 0 radical (unpaired) electrons. The average Bonchev–Trinajstić information content (AvgIpc) is 2.90. The van der Waals surface area contributed by atoms with Gasteiger partial charge in [0.05, 0.1) is 0 Å². The lowest BCUT2D eigenvalue weighted by Gasteiger charge is -2.36. The van der Waals surface area contributed by atoms with E-state index in [0.29, 0.717) is 24.3 Å². The molecule has 114 valence electrons. The van der Waals surface area contributed by atoms with E-state index in [1.165, 1.54) is 19.3 Å². The minimum absolute atomic E-state index is 0.256. The van der Waals surface area contributed by atoms with Crippen LogP contribution in [0.15, 0.2) is 24.3 Å². The van der Waals surface area contributed by atoms with Gasteiger partial charge in [-0.05, 0) is 49.3 Å². The number of nitrogens with one attached hydrogen (secondary N) is 1. The van der Waals surface area contributed by atoms with E-state index in [1.54, 1.807) is 0 Å². The number of carbonyl (C=O) groups excluding carboxylic acids is 1. The predicted molar refractivity (Wildman–Crippen MR) is 87.6 cm³/mol. The molecule has 0 bridgehead atoms. The van der Waals surface area contributed by atoms with Crippen LogP contribution in [0.2, 0.25) is 0 Å². The van der Waals surface area contributed by atoms with Gasteiger partial charge in [-0.1, -0.05) is 26.3 Å². The summed E-state index contributed by atoms with van der Waals surface area (Å²) in [7, 11) is 0. The Morgan fingerprint density at radius 2 is 1.90 bits per heavy atom. The molecule has 3 heteroatoms. The lowest BCUT2D eigenvalue weighted by molar-refractivity contribution is -0.117. The van der Waals surface area contributed by atoms with Gasteiger partial charge in [-0.3, -0.25) is 4.79 Å². The molecule has 2 unspecified atom stereocenters. The van der Waals surface area contributed by atoms with Crippen molar-refractivity contribution in [3.05, 3.63) is 24.3 Å². The fourth-order valence-corrected chi connectivity index (χ4v) is 3.84. The van der Waals surface area contributed by atoms with Gasteiger partial charge in [-0.2, -0.15) is 0 Å². The molecule has 1 saturated carbocycles. The molecule has 1 heterocycles. The number of hydrogen-bond donors (Lipinski definition) is 1. The van der Waals surface area contributed by atoms with E-state index in [0.717, 1.165) is 24.3 Å². The molecule has 0 spiro atoms. The van der Waals surface area contributed by atoms with Gasteiger partial charge in [0.2, 0.25) is 5.91 Å². The second kappa shape index (κ2) is 6.08. The van der Waals surface area contributed by atoms with Crippen molar-refractivity contribution in [2.45, 2.75) is 52.0 Å². The minimum atomic E-state index is 0.256. The van der Waals surface area contributed by atoms with Crippen LogP contribution in [-0.4, -0.2) is 18.5 Å². The number of hydrogen-bond acceptors (Lipinski definition) is 2. The van der Waals surface area contributed by atoms with Crippen molar-refractivity contribution in [2.75, 3.05) is 16.8 Å². The third-order valence-corrected chi connectivity index (χ3v) is 5.11. The zero-order chi connectivity index (χ0) is 14.8. The van der Waals surface area contributed by atoms with Gasteiger partial charge in [-0.25, -0.2) is 0 Å². The Hall–Kier alpha value is -1.51. The van der Waals surface area contributed by atoms with Crippen molar-refractivity contribution < 1.29 is 4.79 Å². The molecule has 1 aromatic rings.